The Morgan fingerprint density at radius 1 is 1.07 bits per heavy atom. The molecule has 3 amide bonds. The minimum atomic E-state index is -0.443. The first-order valence-electron chi connectivity index (χ1n) is 10.4. The van der Waals surface area contributed by atoms with Crippen molar-refractivity contribution in [3.63, 3.8) is 0 Å². The van der Waals surface area contributed by atoms with Crippen LogP contribution in [0.1, 0.15) is 53.0 Å². The van der Waals surface area contributed by atoms with Gasteiger partial charge in [0.05, 0.1) is 0 Å². The lowest BCUT2D eigenvalue weighted by Crippen LogP contribution is -2.46. The van der Waals surface area contributed by atoms with Gasteiger partial charge in [0.1, 0.15) is 6.04 Å². The first-order chi connectivity index (χ1) is 14.3. The summed E-state index contributed by atoms with van der Waals surface area (Å²) in [5.74, 6) is -0.165. The molecule has 1 aliphatic heterocycles. The van der Waals surface area contributed by atoms with Crippen LogP contribution in [-0.2, 0) is 4.79 Å². The number of rotatable bonds is 6. The molecular formula is C24H29N3O3. The van der Waals surface area contributed by atoms with E-state index in [1.165, 1.54) is 0 Å². The summed E-state index contributed by atoms with van der Waals surface area (Å²) < 4.78 is 0. The molecule has 0 spiro atoms. The molecule has 0 aromatic heterocycles. The van der Waals surface area contributed by atoms with Gasteiger partial charge < -0.3 is 15.5 Å². The fourth-order valence-electron chi connectivity index (χ4n) is 3.51. The van der Waals surface area contributed by atoms with Gasteiger partial charge in [0, 0.05) is 29.9 Å². The Labute approximate surface area is 177 Å². The van der Waals surface area contributed by atoms with E-state index in [2.05, 4.69) is 10.6 Å². The van der Waals surface area contributed by atoms with Crippen LogP contribution < -0.4 is 10.6 Å². The van der Waals surface area contributed by atoms with Gasteiger partial charge in [0.2, 0.25) is 5.91 Å². The maximum atomic E-state index is 13.1. The lowest BCUT2D eigenvalue weighted by molar-refractivity contribution is -0.125. The van der Waals surface area contributed by atoms with Crippen molar-refractivity contribution in [3.8, 4) is 0 Å². The lowest BCUT2D eigenvalue weighted by atomic mass is 10.1. The average molecular weight is 408 g/mol. The third-order valence-electron chi connectivity index (χ3n) is 5.18. The highest BCUT2D eigenvalue weighted by Gasteiger charge is 2.34. The van der Waals surface area contributed by atoms with Gasteiger partial charge in [-0.15, -0.1) is 0 Å². The van der Waals surface area contributed by atoms with Crippen LogP contribution in [0.5, 0.6) is 0 Å². The molecule has 6 nitrogen and oxygen atoms in total. The van der Waals surface area contributed by atoms with E-state index in [-0.39, 0.29) is 17.7 Å². The molecule has 2 N–H and O–H groups in total. The number of carbonyl (C=O) groups excluding carboxylic acids is 3. The third kappa shape index (κ3) is 5.26. The number of carbonyl (C=O) groups is 3. The van der Waals surface area contributed by atoms with Crippen LogP contribution in [0.3, 0.4) is 0 Å². The number of nitrogens with zero attached hydrogens (tertiary/aromatic N) is 1. The Bertz CT molecular complexity index is 922. The minimum Gasteiger partial charge on any atom is -0.354 e. The molecular weight excluding hydrogens is 378 g/mol. The van der Waals surface area contributed by atoms with Crippen LogP contribution in [0.15, 0.2) is 48.5 Å². The second-order valence-electron chi connectivity index (χ2n) is 8.20. The molecule has 1 fully saturated rings. The Hall–Kier alpha value is -3.15. The Morgan fingerprint density at radius 2 is 1.80 bits per heavy atom. The van der Waals surface area contributed by atoms with Crippen LogP contribution in [0, 0.1) is 12.8 Å². The van der Waals surface area contributed by atoms with Crippen LogP contribution >= 0.6 is 0 Å². The van der Waals surface area contributed by atoms with Gasteiger partial charge >= 0.3 is 0 Å². The Morgan fingerprint density at radius 3 is 2.50 bits per heavy atom. The molecule has 1 saturated heterocycles. The van der Waals surface area contributed by atoms with Crippen LogP contribution in [0.4, 0.5) is 5.69 Å². The van der Waals surface area contributed by atoms with Crippen molar-refractivity contribution < 1.29 is 14.4 Å². The molecule has 30 heavy (non-hydrogen) atoms. The van der Waals surface area contributed by atoms with E-state index in [0.717, 1.165) is 12.0 Å². The summed E-state index contributed by atoms with van der Waals surface area (Å²) in [6, 6.07) is 13.7. The molecule has 6 heteroatoms. The summed E-state index contributed by atoms with van der Waals surface area (Å²) in [6.07, 6.45) is 1.47. The molecule has 2 aromatic carbocycles. The van der Waals surface area contributed by atoms with Crippen molar-refractivity contribution >= 4 is 23.4 Å². The molecule has 0 radical (unpaired) electrons. The molecule has 1 aliphatic rings. The van der Waals surface area contributed by atoms with Crippen molar-refractivity contribution in [2.75, 3.05) is 18.4 Å². The first-order valence-corrected chi connectivity index (χ1v) is 10.4. The van der Waals surface area contributed by atoms with E-state index < -0.39 is 6.04 Å². The standard InChI is InChI=1S/C24H29N3O3/c1-16(2)15-25-23(29)21-8-5-13-27(21)24(30)19-6-4-7-20(14-19)26-22(28)18-11-9-17(3)10-12-18/h4,6-7,9-12,14,16,21H,5,8,13,15H2,1-3H3,(H,25,29)(H,26,28). The normalized spacial score (nSPS) is 15.9. The van der Waals surface area contributed by atoms with Crippen molar-refractivity contribution in [1.82, 2.24) is 10.2 Å². The zero-order chi connectivity index (χ0) is 21.7. The average Bonchev–Trinajstić information content (AvgIpc) is 3.22. The molecule has 1 atom stereocenters. The summed E-state index contributed by atoms with van der Waals surface area (Å²) in [5.41, 5.74) is 2.64. The monoisotopic (exact) mass is 407 g/mol. The number of hydrogen-bond donors (Lipinski definition) is 2. The van der Waals surface area contributed by atoms with Gasteiger partial charge in [-0.05, 0) is 56.0 Å². The SMILES string of the molecule is Cc1ccc(C(=O)Nc2cccc(C(=O)N3CCCC3C(=O)NCC(C)C)c2)cc1. The van der Waals surface area contributed by atoms with Gasteiger partial charge in [-0.1, -0.05) is 37.6 Å². The maximum absolute atomic E-state index is 13.1. The fourth-order valence-corrected chi connectivity index (χ4v) is 3.51. The number of nitrogens with one attached hydrogen (secondary N) is 2. The number of anilines is 1. The first kappa shape index (κ1) is 21.6. The van der Waals surface area contributed by atoms with Crippen molar-refractivity contribution in [1.29, 1.82) is 0 Å². The van der Waals surface area contributed by atoms with Crippen LogP contribution in [-0.4, -0.2) is 41.8 Å². The molecule has 0 saturated carbocycles. The fraction of sp³-hybridized carbons (Fsp3) is 0.375. The number of hydrogen-bond acceptors (Lipinski definition) is 3. The molecule has 158 valence electrons. The van der Waals surface area contributed by atoms with E-state index >= 15 is 0 Å². The zero-order valence-electron chi connectivity index (χ0n) is 17.8. The van der Waals surface area contributed by atoms with Gasteiger partial charge in [-0.3, -0.25) is 14.4 Å². The lowest BCUT2D eigenvalue weighted by Gasteiger charge is -2.24. The van der Waals surface area contributed by atoms with E-state index in [1.54, 1.807) is 41.3 Å². The molecule has 1 unspecified atom stereocenters. The van der Waals surface area contributed by atoms with Gasteiger partial charge in [0.15, 0.2) is 0 Å². The summed E-state index contributed by atoms with van der Waals surface area (Å²) in [6.45, 7) is 7.18. The molecule has 2 aromatic rings. The van der Waals surface area contributed by atoms with Crippen LogP contribution in [0.2, 0.25) is 0 Å². The zero-order valence-corrected chi connectivity index (χ0v) is 17.8. The van der Waals surface area contributed by atoms with Gasteiger partial charge in [-0.2, -0.15) is 0 Å². The van der Waals surface area contributed by atoms with E-state index in [0.29, 0.717) is 42.2 Å². The number of amides is 3. The molecule has 3 rings (SSSR count). The topological polar surface area (TPSA) is 78.5 Å². The van der Waals surface area contributed by atoms with Crippen molar-refractivity contribution in [2.45, 2.75) is 39.7 Å². The molecule has 0 aliphatic carbocycles. The van der Waals surface area contributed by atoms with Crippen molar-refractivity contribution in [2.24, 2.45) is 5.92 Å². The second-order valence-corrected chi connectivity index (χ2v) is 8.20. The van der Waals surface area contributed by atoms with Crippen LogP contribution in [0.25, 0.3) is 0 Å². The number of aryl methyl sites for hydroxylation is 1. The van der Waals surface area contributed by atoms with Crippen molar-refractivity contribution in [3.05, 3.63) is 65.2 Å². The number of likely N-dealkylation sites (tertiary alicyclic amines) is 1. The van der Waals surface area contributed by atoms with Gasteiger partial charge in [-0.25, -0.2) is 0 Å². The summed E-state index contributed by atoms with van der Waals surface area (Å²) in [7, 11) is 0. The summed E-state index contributed by atoms with van der Waals surface area (Å²) >= 11 is 0. The second kappa shape index (κ2) is 9.57. The van der Waals surface area contributed by atoms with E-state index in [9.17, 15) is 14.4 Å². The van der Waals surface area contributed by atoms with E-state index in [4.69, 9.17) is 0 Å². The minimum absolute atomic E-state index is 0.0987. The highest BCUT2D eigenvalue weighted by atomic mass is 16.2. The highest BCUT2D eigenvalue weighted by Crippen LogP contribution is 2.22. The maximum Gasteiger partial charge on any atom is 0.255 e. The summed E-state index contributed by atoms with van der Waals surface area (Å²) in [4.78, 5) is 39.7. The third-order valence-corrected chi connectivity index (χ3v) is 5.18. The quantitative estimate of drug-likeness (QED) is 0.768. The summed E-state index contributed by atoms with van der Waals surface area (Å²) in [5, 5.41) is 5.77. The molecule has 1 heterocycles. The smallest absolute Gasteiger partial charge is 0.255 e. The van der Waals surface area contributed by atoms with Gasteiger partial charge in [0.25, 0.3) is 11.8 Å². The van der Waals surface area contributed by atoms with E-state index in [1.807, 2.05) is 32.9 Å². The number of benzene rings is 2. The largest absolute Gasteiger partial charge is 0.354 e. The highest BCUT2D eigenvalue weighted by molar-refractivity contribution is 6.05. The Balaban J connectivity index is 1.70. The molecule has 0 bridgehead atoms. The predicted molar refractivity (Wildman–Crippen MR) is 117 cm³/mol. The Kier molecular flexibility index (Phi) is 6.87. The predicted octanol–water partition coefficient (Wildman–Crippen LogP) is 3.62.